The van der Waals surface area contributed by atoms with Crippen molar-refractivity contribution in [3.8, 4) is 58.8 Å². The quantitative estimate of drug-likeness (QED) is 0.192. The Morgan fingerprint density at radius 3 is 1.07 bits per heavy atom. The van der Waals surface area contributed by atoms with Crippen molar-refractivity contribution in [2.75, 3.05) is 0 Å². The molecule has 0 aromatic heterocycles. The van der Waals surface area contributed by atoms with Gasteiger partial charge in [0.05, 0.1) is 5.41 Å². The van der Waals surface area contributed by atoms with Crippen LogP contribution in [0.2, 0.25) is 0 Å². The Labute approximate surface area is 252 Å². The summed E-state index contributed by atoms with van der Waals surface area (Å²) in [6, 6.07) is 49.3. The lowest BCUT2D eigenvalue weighted by atomic mass is 9.68. The zero-order valence-corrected chi connectivity index (χ0v) is 23.3. The minimum atomic E-state index is -0.521. The number of benzene rings is 6. The highest BCUT2D eigenvalue weighted by atomic mass is 16.5. The molecule has 0 amide bonds. The number of rotatable bonds is 6. The fraction of sp³-hybridized carbons (Fsp3) is 0.0244. The second-order valence-corrected chi connectivity index (χ2v) is 10.4. The Bertz CT molecular complexity index is 1850. The lowest BCUT2D eigenvalue weighted by molar-refractivity contribution is 0.482. The molecule has 0 unspecified atom stereocenters. The molecule has 1 aliphatic carbocycles. The molecule has 0 saturated carbocycles. The van der Waals surface area contributed by atoms with Gasteiger partial charge in [-0.05, 0) is 106 Å². The molecular weight excluding hydrogens is 524 g/mol. The largest absolute Gasteiger partial charge is 0.457 e. The fourth-order valence-electron chi connectivity index (χ4n) is 6.08. The Morgan fingerprint density at radius 2 is 0.721 bits per heavy atom. The van der Waals surface area contributed by atoms with Crippen LogP contribution in [0.4, 0.5) is 0 Å². The molecule has 2 nitrogen and oxygen atoms in total. The molecule has 0 atom stereocenters. The van der Waals surface area contributed by atoms with Gasteiger partial charge in [-0.3, -0.25) is 0 Å². The Kier molecular flexibility index (Phi) is 6.52. The van der Waals surface area contributed by atoms with E-state index in [0.717, 1.165) is 45.3 Å². The van der Waals surface area contributed by atoms with Crippen LogP contribution >= 0.6 is 0 Å². The van der Waals surface area contributed by atoms with Gasteiger partial charge in [0.2, 0.25) is 0 Å². The van der Waals surface area contributed by atoms with Crippen LogP contribution in [0, 0.1) is 24.7 Å². The van der Waals surface area contributed by atoms with Crippen LogP contribution in [0.15, 0.2) is 146 Å². The first kappa shape index (κ1) is 26.0. The topological polar surface area (TPSA) is 18.5 Å². The smallest absolute Gasteiger partial charge is 0.127 e. The van der Waals surface area contributed by atoms with Crippen molar-refractivity contribution in [1.29, 1.82) is 0 Å². The van der Waals surface area contributed by atoms with Crippen LogP contribution in [-0.4, -0.2) is 0 Å². The summed E-state index contributed by atoms with van der Waals surface area (Å²) in [5, 5.41) is 0. The van der Waals surface area contributed by atoms with Crippen molar-refractivity contribution in [3.63, 3.8) is 0 Å². The van der Waals surface area contributed by atoms with Crippen LogP contribution in [0.3, 0.4) is 0 Å². The molecule has 0 aliphatic heterocycles. The van der Waals surface area contributed by atoms with Crippen molar-refractivity contribution < 1.29 is 9.47 Å². The summed E-state index contributed by atoms with van der Waals surface area (Å²) in [6.45, 7) is 0. The van der Waals surface area contributed by atoms with Crippen molar-refractivity contribution >= 4 is 0 Å². The third kappa shape index (κ3) is 4.53. The highest BCUT2D eigenvalue weighted by Gasteiger charge is 2.45. The van der Waals surface area contributed by atoms with E-state index < -0.39 is 5.41 Å². The first-order valence-electron chi connectivity index (χ1n) is 14.1. The third-order valence-electron chi connectivity index (χ3n) is 8.04. The van der Waals surface area contributed by atoms with Gasteiger partial charge >= 0.3 is 0 Å². The van der Waals surface area contributed by atoms with E-state index >= 15 is 0 Å². The summed E-state index contributed by atoms with van der Waals surface area (Å²) in [6.07, 6.45) is 11.0. The van der Waals surface area contributed by atoms with Crippen molar-refractivity contribution in [1.82, 2.24) is 0 Å². The van der Waals surface area contributed by atoms with Gasteiger partial charge in [0.15, 0.2) is 0 Å². The van der Waals surface area contributed by atoms with Crippen LogP contribution in [0.5, 0.6) is 23.0 Å². The van der Waals surface area contributed by atoms with Gasteiger partial charge in [-0.25, -0.2) is 0 Å². The summed E-state index contributed by atoms with van der Waals surface area (Å²) in [7, 11) is 0. The molecule has 6 aromatic rings. The number of terminal acetylenes is 2. The molecule has 0 bridgehead atoms. The standard InChI is InChI=1S/C41H26O2/c1-3-29-13-21-33(22-14-29)42-35-25-17-31(18-26-35)41(39-11-7-5-9-37(39)38-10-6-8-12-40(38)41)32-19-27-36(28-20-32)43-34-23-15-30(4-2)16-24-34/h1-2,5-28H. The second-order valence-electron chi connectivity index (χ2n) is 10.4. The highest BCUT2D eigenvalue weighted by molar-refractivity contribution is 5.86. The first-order chi connectivity index (χ1) is 21.2. The summed E-state index contributed by atoms with van der Waals surface area (Å²) in [5.41, 5.74) is 8.39. The minimum absolute atomic E-state index is 0.521. The molecule has 0 saturated heterocycles. The average molecular weight is 551 g/mol. The molecule has 43 heavy (non-hydrogen) atoms. The Balaban J connectivity index is 1.31. The minimum Gasteiger partial charge on any atom is -0.457 e. The molecule has 6 aromatic carbocycles. The fourth-order valence-corrected chi connectivity index (χ4v) is 6.08. The zero-order valence-electron chi connectivity index (χ0n) is 23.3. The molecule has 0 heterocycles. The zero-order chi connectivity index (χ0) is 29.2. The molecule has 0 spiro atoms. The lowest BCUT2D eigenvalue weighted by Gasteiger charge is -2.34. The first-order valence-corrected chi connectivity index (χ1v) is 14.1. The molecular formula is C41H26O2. The van der Waals surface area contributed by atoms with Gasteiger partial charge in [0.1, 0.15) is 23.0 Å². The molecule has 0 N–H and O–H groups in total. The van der Waals surface area contributed by atoms with E-state index in [4.69, 9.17) is 22.3 Å². The lowest BCUT2D eigenvalue weighted by Crippen LogP contribution is -2.28. The number of hydrogen-bond donors (Lipinski definition) is 0. The van der Waals surface area contributed by atoms with Crippen molar-refractivity contribution in [3.05, 3.63) is 179 Å². The molecule has 0 radical (unpaired) electrons. The molecule has 202 valence electrons. The van der Waals surface area contributed by atoms with Gasteiger partial charge in [0.25, 0.3) is 0 Å². The third-order valence-corrected chi connectivity index (χ3v) is 8.04. The summed E-state index contributed by atoms with van der Waals surface area (Å²) >= 11 is 0. The van der Waals surface area contributed by atoms with E-state index in [2.05, 4.69) is 84.6 Å². The van der Waals surface area contributed by atoms with Gasteiger partial charge in [-0.1, -0.05) is 84.6 Å². The molecule has 2 heteroatoms. The van der Waals surface area contributed by atoms with Crippen LogP contribution in [0.1, 0.15) is 33.4 Å². The maximum Gasteiger partial charge on any atom is 0.127 e. The monoisotopic (exact) mass is 550 g/mol. The maximum absolute atomic E-state index is 6.16. The summed E-state index contributed by atoms with van der Waals surface area (Å²) in [5.74, 6) is 8.27. The summed E-state index contributed by atoms with van der Waals surface area (Å²) in [4.78, 5) is 0. The van der Waals surface area contributed by atoms with E-state index in [-0.39, 0.29) is 0 Å². The van der Waals surface area contributed by atoms with Crippen molar-refractivity contribution in [2.24, 2.45) is 0 Å². The van der Waals surface area contributed by atoms with E-state index in [1.165, 1.54) is 22.3 Å². The van der Waals surface area contributed by atoms with E-state index in [9.17, 15) is 0 Å². The molecule has 0 fully saturated rings. The Hall–Kier alpha value is -5.96. The SMILES string of the molecule is C#Cc1ccc(Oc2ccc(C3(c4ccc(Oc5ccc(C#C)cc5)cc4)c4ccccc4-c4ccccc43)cc2)cc1. The second kappa shape index (κ2) is 10.8. The Morgan fingerprint density at radius 1 is 0.395 bits per heavy atom. The normalized spacial score (nSPS) is 12.3. The molecule has 7 rings (SSSR count). The van der Waals surface area contributed by atoms with Crippen LogP contribution in [0.25, 0.3) is 11.1 Å². The average Bonchev–Trinajstić information content (AvgIpc) is 3.37. The van der Waals surface area contributed by atoms with Gasteiger partial charge < -0.3 is 9.47 Å². The maximum atomic E-state index is 6.16. The highest BCUT2D eigenvalue weighted by Crippen LogP contribution is 2.56. The van der Waals surface area contributed by atoms with Gasteiger partial charge in [0, 0.05) is 11.1 Å². The van der Waals surface area contributed by atoms with Crippen LogP contribution < -0.4 is 9.47 Å². The van der Waals surface area contributed by atoms with Gasteiger partial charge in [-0.15, -0.1) is 12.8 Å². The predicted molar refractivity (Wildman–Crippen MR) is 173 cm³/mol. The number of fused-ring (bicyclic) bond motifs is 3. The predicted octanol–water partition coefficient (Wildman–Crippen LogP) is 9.60. The summed E-state index contributed by atoms with van der Waals surface area (Å²) < 4.78 is 12.3. The van der Waals surface area contributed by atoms with E-state index in [0.29, 0.717) is 0 Å². The van der Waals surface area contributed by atoms with Gasteiger partial charge in [-0.2, -0.15) is 0 Å². The number of ether oxygens (including phenoxy) is 2. The van der Waals surface area contributed by atoms with Crippen LogP contribution in [-0.2, 0) is 5.41 Å². The van der Waals surface area contributed by atoms with Crippen molar-refractivity contribution in [2.45, 2.75) is 5.41 Å². The number of hydrogen-bond acceptors (Lipinski definition) is 2. The molecule has 1 aliphatic rings. The van der Waals surface area contributed by atoms with E-state index in [1.807, 2.05) is 72.8 Å². The van der Waals surface area contributed by atoms with E-state index in [1.54, 1.807) is 0 Å².